The van der Waals surface area contributed by atoms with Gasteiger partial charge in [0.15, 0.2) is 0 Å². The molecule has 0 aliphatic rings. The first-order valence-electron chi connectivity index (χ1n) is 6.84. The summed E-state index contributed by atoms with van der Waals surface area (Å²) in [7, 11) is -1.92. The van der Waals surface area contributed by atoms with Crippen LogP contribution in [0.25, 0.3) is 0 Å². The summed E-state index contributed by atoms with van der Waals surface area (Å²) in [6.45, 7) is 2.42. The number of hydrogen-bond acceptors (Lipinski definition) is 4. The fourth-order valence-corrected chi connectivity index (χ4v) is 3.75. The summed E-state index contributed by atoms with van der Waals surface area (Å²) in [6, 6.07) is 14.5. The van der Waals surface area contributed by atoms with E-state index in [4.69, 9.17) is 4.74 Å². The van der Waals surface area contributed by atoms with Gasteiger partial charge in [0.2, 0.25) is 10.0 Å². The second-order valence-electron chi connectivity index (χ2n) is 4.73. The molecule has 0 amide bonds. The van der Waals surface area contributed by atoms with Crippen LogP contribution in [0.15, 0.2) is 58.3 Å². The average Bonchev–Trinajstić information content (AvgIpc) is 2.53. The van der Waals surface area contributed by atoms with Gasteiger partial charge in [0.05, 0.1) is 12.0 Å². The van der Waals surface area contributed by atoms with Crippen LogP contribution in [0.1, 0.15) is 5.56 Å². The smallest absolute Gasteiger partial charge is 0.240 e. The van der Waals surface area contributed by atoms with E-state index in [-0.39, 0.29) is 4.90 Å². The summed E-state index contributed by atoms with van der Waals surface area (Å²) < 4.78 is 31.9. The monoisotopic (exact) mass is 337 g/mol. The van der Waals surface area contributed by atoms with Crippen molar-refractivity contribution in [2.45, 2.75) is 16.7 Å². The highest BCUT2D eigenvalue weighted by Crippen LogP contribution is 2.18. The molecule has 6 heteroatoms. The zero-order valence-corrected chi connectivity index (χ0v) is 14.2. The fourth-order valence-electron chi connectivity index (χ4n) is 1.82. The van der Waals surface area contributed by atoms with Crippen molar-refractivity contribution < 1.29 is 13.2 Å². The van der Waals surface area contributed by atoms with Crippen molar-refractivity contribution in [1.82, 2.24) is 4.72 Å². The molecule has 0 fully saturated rings. The van der Waals surface area contributed by atoms with Crippen molar-refractivity contribution in [3.8, 4) is 5.75 Å². The first-order chi connectivity index (χ1) is 10.5. The number of nitrogens with one attached hydrogen (secondary N) is 1. The number of aryl methyl sites for hydroxylation is 1. The predicted molar refractivity (Wildman–Crippen MR) is 90.1 cm³/mol. The van der Waals surface area contributed by atoms with Gasteiger partial charge in [-0.25, -0.2) is 13.1 Å². The Morgan fingerprint density at radius 3 is 2.27 bits per heavy atom. The molecule has 0 unspecified atom stereocenters. The van der Waals surface area contributed by atoms with Gasteiger partial charge < -0.3 is 4.74 Å². The summed E-state index contributed by atoms with van der Waals surface area (Å²) in [4.78, 5) is 1.38. The van der Waals surface area contributed by atoms with Crippen LogP contribution in [-0.4, -0.2) is 27.8 Å². The summed E-state index contributed by atoms with van der Waals surface area (Å²) in [5.41, 5.74) is 1.21. The van der Waals surface area contributed by atoms with Crippen LogP contribution in [0.2, 0.25) is 0 Å². The quantitative estimate of drug-likeness (QED) is 0.623. The Hall–Kier alpha value is -1.50. The third-order valence-corrected chi connectivity index (χ3v) is 5.54. The Labute approximate surface area is 135 Å². The molecule has 0 aromatic heterocycles. The van der Waals surface area contributed by atoms with E-state index in [9.17, 15) is 8.42 Å². The zero-order valence-electron chi connectivity index (χ0n) is 12.6. The normalized spacial score (nSPS) is 11.4. The molecule has 0 saturated carbocycles. The molecule has 0 bridgehead atoms. The lowest BCUT2D eigenvalue weighted by Crippen LogP contribution is -2.25. The van der Waals surface area contributed by atoms with E-state index in [2.05, 4.69) is 4.72 Å². The number of rotatable bonds is 7. The number of ether oxygens (including phenoxy) is 1. The van der Waals surface area contributed by atoms with Crippen molar-refractivity contribution in [2.24, 2.45) is 0 Å². The van der Waals surface area contributed by atoms with Gasteiger partial charge in [-0.2, -0.15) is 0 Å². The molecule has 0 radical (unpaired) electrons. The van der Waals surface area contributed by atoms with E-state index in [0.29, 0.717) is 18.0 Å². The van der Waals surface area contributed by atoms with Crippen LogP contribution in [0, 0.1) is 6.92 Å². The van der Waals surface area contributed by atoms with Gasteiger partial charge in [-0.1, -0.05) is 17.7 Å². The van der Waals surface area contributed by atoms with Crippen molar-refractivity contribution >= 4 is 21.8 Å². The van der Waals surface area contributed by atoms with E-state index in [1.54, 1.807) is 31.0 Å². The fraction of sp³-hybridized carbons (Fsp3) is 0.250. The molecule has 2 aromatic carbocycles. The molecule has 118 valence electrons. The van der Waals surface area contributed by atoms with Crippen LogP contribution in [-0.2, 0) is 10.0 Å². The molecular weight excluding hydrogens is 318 g/mol. The first-order valence-corrected chi connectivity index (χ1v) is 9.31. The molecular formula is C16H19NO3S2. The Morgan fingerprint density at radius 2 is 1.68 bits per heavy atom. The maximum atomic E-state index is 12.1. The van der Waals surface area contributed by atoms with Gasteiger partial charge in [0.25, 0.3) is 0 Å². The second-order valence-corrected chi connectivity index (χ2v) is 7.67. The molecule has 1 N–H and O–H groups in total. The Bertz CT molecular complexity index is 695. The SMILES string of the molecule is COc1ccc(S(=O)(=O)NCCSc2ccc(C)cc2)cc1. The van der Waals surface area contributed by atoms with Gasteiger partial charge in [-0.15, -0.1) is 11.8 Å². The summed E-state index contributed by atoms with van der Waals surface area (Å²) >= 11 is 1.62. The number of methoxy groups -OCH3 is 1. The standard InChI is InChI=1S/C16H19NO3S2/c1-13-3-7-15(8-4-13)21-12-11-17-22(18,19)16-9-5-14(20-2)6-10-16/h3-10,17H,11-12H2,1-2H3. The molecule has 0 spiro atoms. The lowest BCUT2D eigenvalue weighted by atomic mass is 10.2. The maximum absolute atomic E-state index is 12.1. The summed E-state index contributed by atoms with van der Waals surface area (Å²) in [6.07, 6.45) is 0. The largest absolute Gasteiger partial charge is 0.497 e. The van der Waals surface area contributed by atoms with Crippen LogP contribution >= 0.6 is 11.8 Å². The van der Waals surface area contributed by atoms with Gasteiger partial charge in [-0.3, -0.25) is 0 Å². The zero-order chi connectivity index (χ0) is 16.0. The third kappa shape index (κ3) is 4.76. The topological polar surface area (TPSA) is 55.4 Å². The van der Waals surface area contributed by atoms with E-state index >= 15 is 0 Å². The van der Waals surface area contributed by atoms with E-state index < -0.39 is 10.0 Å². The van der Waals surface area contributed by atoms with Crippen molar-refractivity contribution in [1.29, 1.82) is 0 Å². The third-order valence-electron chi connectivity index (χ3n) is 3.05. The minimum Gasteiger partial charge on any atom is -0.497 e. The number of benzene rings is 2. The Morgan fingerprint density at radius 1 is 1.05 bits per heavy atom. The van der Waals surface area contributed by atoms with Crippen molar-refractivity contribution in [2.75, 3.05) is 19.4 Å². The van der Waals surface area contributed by atoms with Crippen molar-refractivity contribution in [3.05, 3.63) is 54.1 Å². The molecule has 4 nitrogen and oxygen atoms in total. The van der Waals surface area contributed by atoms with Crippen molar-refractivity contribution in [3.63, 3.8) is 0 Å². The van der Waals surface area contributed by atoms with Crippen LogP contribution in [0.5, 0.6) is 5.75 Å². The second kappa shape index (κ2) is 7.67. The lowest BCUT2D eigenvalue weighted by Gasteiger charge is -2.07. The molecule has 22 heavy (non-hydrogen) atoms. The average molecular weight is 337 g/mol. The van der Waals surface area contributed by atoms with E-state index in [1.807, 2.05) is 31.2 Å². The molecule has 0 atom stereocenters. The van der Waals surface area contributed by atoms with Gasteiger partial charge in [0, 0.05) is 17.2 Å². The maximum Gasteiger partial charge on any atom is 0.240 e. The number of sulfonamides is 1. The minimum absolute atomic E-state index is 0.244. The van der Waals surface area contributed by atoms with Crippen LogP contribution in [0.3, 0.4) is 0 Å². The number of hydrogen-bond donors (Lipinski definition) is 1. The van der Waals surface area contributed by atoms with E-state index in [1.165, 1.54) is 17.7 Å². The van der Waals surface area contributed by atoms with Gasteiger partial charge in [-0.05, 0) is 43.3 Å². The highest BCUT2D eigenvalue weighted by atomic mass is 32.2. The Kier molecular flexibility index (Phi) is 5.88. The first kappa shape index (κ1) is 16.9. The molecule has 2 rings (SSSR count). The van der Waals surface area contributed by atoms with Gasteiger partial charge in [0.1, 0.15) is 5.75 Å². The predicted octanol–water partition coefficient (Wildman–Crippen LogP) is 3.07. The van der Waals surface area contributed by atoms with Crippen LogP contribution < -0.4 is 9.46 Å². The molecule has 0 heterocycles. The van der Waals surface area contributed by atoms with Crippen LogP contribution in [0.4, 0.5) is 0 Å². The number of thioether (sulfide) groups is 1. The molecule has 0 aliphatic carbocycles. The molecule has 0 saturated heterocycles. The molecule has 0 aliphatic heterocycles. The Balaban J connectivity index is 1.85. The summed E-state index contributed by atoms with van der Waals surface area (Å²) in [5, 5.41) is 0. The highest BCUT2D eigenvalue weighted by Gasteiger charge is 2.13. The highest BCUT2D eigenvalue weighted by molar-refractivity contribution is 7.99. The van der Waals surface area contributed by atoms with E-state index in [0.717, 1.165) is 4.90 Å². The lowest BCUT2D eigenvalue weighted by molar-refractivity contribution is 0.414. The minimum atomic E-state index is -3.47. The van der Waals surface area contributed by atoms with Gasteiger partial charge >= 0.3 is 0 Å². The molecule has 2 aromatic rings. The summed E-state index contributed by atoms with van der Waals surface area (Å²) in [5.74, 6) is 1.31.